The van der Waals surface area contributed by atoms with Crippen molar-refractivity contribution in [2.45, 2.75) is 0 Å². The summed E-state index contributed by atoms with van der Waals surface area (Å²) in [6.45, 7) is 0. The molecular weight excluding hydrogens is 296 g/mol. The highest BCUT2D eigenvalue weighted by atomic mass is 32.3. The van der Waals surface area contributed by atoms with E-state index in [2.05, 4.69) is 0 Å². The van der Waals surface area contributed by atoms with Gasteiger partial charge in [-0.15, -0.1) is 8.42 Å². The summed E-state index contributed by atoms with van der Waals surface area (Å²) in [5.41, 5.74) is 22.7. The molecule has 0 saturated heterocycles. The van der Waals surface area contributed by atoms with Gasteiger partial charge in [0.15, 0.2) is 11.5 Å². The Labute approximate surface area is 121 Å². The Bertz CT molecular complexity index is 717. The van der Waals surface area contributed by atoms with Crippen LogP contribution in [-0.4, -0.2) is 8.42 Å². The number of hydrogen-bond acceptors (Lipinski definition) is 8. The lowest BCUT2D eigenvalue weighted by Crippen LogP contribution is -2.18. The van der Waals surface area contributed by atoms with Gasteiger partial charge in [-0.3, -0.25) is 0 Å². The van der Waals surface area contributed by atoms with E-state index in [1.165, 1.54) is 36.4 Å². The van der Waals surface area contributed by atoms with Crippen LogP contribution in [0.2, 0.25) is 0 Å². The molecule has 0 unspecified atom stereocenters. The van der Waals surface area contributed by atoms with Gasteiger partial charge in [0.1, 0.15) is 0 Å². The SMILES string of the molecule is Nc1cccc(OS(=O)(=O)Oc2cccc(N)c2N)c1N. The highest BCUT2D eigenvalue weighted by molar-refractivity contribution is 7.82. The van der Waals surface area contributed by atoms with Crippen molar-refractivity contribution in [3.05, 3.63) is 36.4 Å². The number of hydrogen-bond donors (Lipinski definition) is 4. The minimum atomic E-state index is -4.44. The molecule has 2 rings (SSSR count). The van der Waals surface area contributed by atoms with Crippen LogP contribution < -0.4 is 31.3 Å². The van der Waals surface area contributed by atoms with E-state index >= 15 is 0 Å². The summed E-state index contributed by atoms with van der Waals surface area (Å²) in [5, 5.41) is 0. The fraction of sp³-hybridized carbons (Fsp3) is 0. The van der Waals surface area contributed by atoms with Crippen LogP contribution in [0.25, 0.3) is 0 Å². The number of nitrogen functional groups attached to an aromatic ring is 4. The molecule has 8 N–H and O–H groups in total. The van der Waals surface area contributed by atoms with E-state index in [1.807, 2.05) is 0 Å². The molecular formula is C12H14N4O4S. The third-order valence-corrected chi connectivity index (χ3v) is 3.35. The molecule has 0 aliphatic carbocycles. The molecule has 0 aliphatic rings. The maximum absolute atomic E-state index is 11.9. The first-order valence-electron chi connectivity index (χ1n) is 5.72. The molecule has 0 bridgehead atoms. The fourth-order valence-electron chi connectivity index (χ4n) is 1.50. The summed E-state index contributed by atoms with van der Waals surface area (Å²) in [4.78, 5) is 0. The molecule has 0 spiro atoms. The second-order valence-electron chi connectivity index (χ2n) is 4.09. The normalized spacial score (nSPS) is 11.0. The molecule has 0 amide bonds. The summed E-state index contributed by atoms with van der Waals surface area (Å²) in [6, 6.07) is 8.68. The third-order valence-electron chi connectivity index (χ3n) is 2.58. The highest BCUT2D eigenvalue weighted by Gasteiger charge is 2.20. The Balaban J connectivity index is 2.27. The highest BCUT2D eigenvalue weighted by Crippen LogP contribution is 2.31. The van der Waals surface area contributed by atoms with Crippen LogP contribution in [-0.2, 0) is 10.4 Å². The predicted molar refractivity (Wildman–Crippen MR) is 80.7 cm³/mol. The van der Waals surface area contributed by atoms with E-state index in [0.717, 1.165) is 0 Å². The van der Waals surface area contributed by atoms with E-state index in [9.17, 15) is 8.42 Å². The van der Waals surface area contributed by atoms with E-state index < -0.39 is 10.4 Å². The molecule has 0 fully saturated rings. The Morgan fingerprint density at radius 3 is 1.48 bits per heavy atom. The Hall–Kier alpha value is -2.81. The fourth-order valence-corrected chi connectivity index (χ4v) is 2.27. The van der Waals surface area contributed by atoms with Gasteiger partial charge in [0.05, 0.1) is 22.7 Å². The zero-order chi connectivity index (χ0) is 15.6. The quantitative estimate of drug-likeness (QED) is 0.601. The smallest absolute Gasteiger partial charge is 0.397 e. The first kappa shape index (κ1) is 14.6. The maximum Gasteiger partial charge on any atom is 0.501 e. The van der Waals surface area contributed by atoms with Crippen molar-refractivity contribution >= 4 is 33.1 Å². The summed E-state index contributed by atoms with van der Waals surface area (Å²) >= 11 is 0. The lowest BCUT2D eigenvalue weighted by molar-refractivity contribution is 0.394. The lowest BCUT2D eigenvalue weighted by atomic mass is 10.2. The van der Waals surface area contributed by atoms with Crippen LogP contribution in [0.1, 0.15) is 0 Å². The van der Waals surface area contributed by atoms with Gasteiger partial charge in [0.2, 0.25) is 0 Å². The van der Waals surface area contributed by atoms with Gasteiger partial charge in [-0.05, 0) is 24.3 Å². The maximum atomic E-state index is 11.9. The van der Waals surface area contributed by atoms with Crippen molar-refractivity contribution < 1.29 is 16.8 Å². The number of nitrogens with two attached hydrogens (primary N) is 4. The van der Waals surface area contributed by atoms with E-state index in [-0.39, 0.29) is 34.2 Å². The van der Waals surface area contributed by atoms with Gasteiger partial charge >= 0.3 is 10.4 Å². The summed E-state index contributed by atoms with van der Waals surface area (Å²) < 4.78 is 33.2. The van der Waals surface area contributed by atoms with Gasteiger partial charge in [-0.1, -0.05) is 12.1 Å². The molecule has 0 aromatic heterocycles. The van der Waals surface area contributed by atoms with Crippen molar-refractivity contribution in [3.63, 3.8) is 0 Å². The number of rotatable bonds is 4. The number of para-hydroxylation sites is 2. The minimum Gasteiger partial charge on any atom is -0.397 e. The van der Waals surface area contributed by atoms with Crippen molar-refractivity contribution in [2.24, 2.45) is 0 Å². The van der Waals surface area contributed by atoms with E-state index in [4.69, 9.17) is 31.3 Å². The second kappa shape index (κ2) is 5.29. The molecule has 0 heterocycles. The van der Waals surface area contributed by atoms with Crippen LogP contribution in [0, 0.1) is 0 Å². The van der Waals surface area contributed by atoms with Crippen molar-refractivity contribution in [3.8, 4) is 11.5 Å². The van der Waals surface area contributed by atoms with Crippen LogP contribution in [0.4, 0.5) is 22.7 Å². The lowest BCUT2D eigenvalue weighted by Gasteiger charge is -2.12. The average molecular weight is 310 g/mol. The van der Waals surface area contributed by atoms with Gasteiger partial charge in [-0.25, -0.2) is 0 Å². The van der Waals surface area contributed by atoms with Crippen molar-refractivity contribution in [1.82, 2.24) is 0 Å². The molecule has 8 nitrogen and oxygen atoms in total. The monoisotopic (exact) mass is 310 g/mol. The van der Waals surface area contributed by atoms with Crippen molar-refractivity contribution in [2.75, 3.05) is 22.9 Å². The second-order valence-corrected chi connectivity index (χ2v) is 5.24. The zero-order valence-electron chi connectivity index (χ0n) is 10.8. The number of anilines is 4. The van der Waals surface area contributed by atoms with Crippen LogP contribution in [0.15, 0.2) is 36.4 Å². The summed E-state index contributed by atoms with van der Waals surface area (Å²) in [7, 11) is -4.44. The van der Waals surface area contributed by atoms with Crippen LogP contribution in [0.5, 0.6) is 11.5 Å². The average Bonchev–Trinajstić information content (AvgIpc) is 2.40. The molecule has 0 atom stereocenters. The summed E-state index contributed by atoms with van der Waals surface area (Å²) in [5.74, 6) is -0.282. The molecule has 0 saturated carbocycles. The Morgan fingerprint density at radius 2 is 1.10 bits per heavy atom. The molecule has 2 aromatic carbocycles. The number of benzene rings is 2. The van der Waals surface area contributed by atoms with Gasteiger partial charge in [0, 0.05) is 0 Å². The first-order chi connectivity index (χ1) is 9.80. The molecule has 2 aromatic rings. The van der Waals surface area contributed by atoms with E-state index in [0.29, 0.717) is 0 Å². The van der Waals surface area contributed by atoms with Gasteiger partial charge in [-0.2, -0.15) is 0 Å². The Morgan fingerprint density at radius 1 is 0.714 bits per heavy atom. The molecule has 21 heavy (non-hydrogen) atoms. The topological polar surface area (TPSA) is 157 Å². The first-order valence-corrected chi connectivity index (χ1v) is 7.05. The predicted octanol–water partition coefficient (Wildman–Crippen LogP) is 0.718. The van der Waals surface area contributed by atoms with E-state index in [1.54, 1.807) is 0 Å². The standard InChI is InChI=1S/C12H14N4O4S/c13-7-3-1-5-9(11(7)15)19-21(17,18)20-10-6-2-4-8(14)12(10)16/h1-6H,13-16H2. The Kier molecular flexibility index (Phi) is 3.68. The summed E-state index contributed by atoms with van der Waals surface area (Å²) in [6.07, 6.45) is 0. The minimum absolute atomic E-state index is 0.00905. The molecule has 9 heteroatoms. The van der Waals surface area contributed by atoms with Crippen LogP contribution in [0.3, 0.4) is 0 Å². The third kappa shape index (κ3) is 3.20. The van der Waals surface area contributed by atoms with Crippen molar-refractivity contribution in [1.29, 1.82) is 0 Å². The van der Waals surface area contributed by atoms with Gasteiger partial charge in [0.25, 0.3) is 0 Å². The molecule has 0 radical (unpaired) electrons. The zero-order valence-corrected chi connectivity index (χ0v) is 11.6. The van der Waals surface area contributed by atoms with Crippen LogP contribution >= 0.6 is 0 Å². The molecule has 0 aliphatic heterocycles. The molecule has 112 valence electrons. The van der Waals surface area contributed by atoms with Gasteiger partial charge < -0.3 is 31.3 Å². The largest absolute Gasteiger partial charge is 0.501 e.